The van der Waals surface area contributed by atoms with Crippen LogP contribution >= 0.6 is 35.6 Å². The Labute approximate surface area is 231 Å². The monoisotopic (exact) mass is 557 g/mol. The van der Waals surface area contributed by atoms with Gasteiger partial charge in [0.05, 0.1) is 11.6 Å². The van der Waals surface area contributed by atoms with Crippen LogP contribution in [0.3, 0.4) is 0 Å². The van der Waals surface area contributed by atoms with Crippen molar-refractivity contribution >= 4 is 41.6 Å². The molecule has 1 aliphatic carbocycles. The van der Waals surface area contributed by atoms with E-state index in [1.807, 2.05) is 6.92 Å². The SMILES string of the molecule is CCOC(=O)CCc1ccc(O[C@@H](C)[C@@H](O)CNC(C)(C)CC2Cc3ccccc3C2)c(Cl)c1Cl.Cl. The first-order chi connectivity index (χ1) is 16.6. The highest BCUT2D eigenvalue weighted by Crippen LogP contribution is 2.36. The van der Waals surface area contributed by atoms with Gasteiger partial charge in [-0.1, -0.05) is 53.5 Å². The maximum absolute atomic E-state index is 11.6. The number of esters is 1. The molecule has 0 aromatic heterocycles. The van der Waals surface area contributed by atoms with Gasteiger partial charge in [-0.25, -0.2) is 0 Å². The molecule has 200 valence electrons. The summed E-state index contributed by atoms with van der Waals surface area (Å²) in [5.41, 5.74) is 3.55. The highest BCUT2D eigenvalue weighted by atomic mass is 35.5. The Morgan fingerprint density at radius 3 is 2.39 bits per heavy atom. The number of β-amino-alcohol motifs (C(OH)–C–C–N with tert-alkyl or cyclic N) is 1. The van der Waals surface area contributed by atoms with Crippen molar-refractivity contribution in [3.05, 3.63) is 63.1 Å². The lowest BCUT2D eigenvalue weighted by Gasteiger charge is -2.32. The Balaban J connectivity index is 0.00000456. The van der Waals surface area contributed by atoms with Crippen LogP contribution in [0, 0.1) is 5.92 Å². The number of rotatable bonds is 12. The molecule has 0 fully saturated rings. The number of ether oxygens (including phenoxy) is 2. The van der Waals surface area contributed by atoms with E-state index in [0.717, 1.165) is 24.8 Å². The van der Waals surface area contributed by atoms with Crippen LogP contribution in [0.2, 0.25) is 10.0 Å². The molecule has 2 aromatic rings. The van der Waals surface area contributed by atoms with E-state index in [1.165, 1.54) is 11.1 Å². The molecule has 1 aliphatic rings. The summed E-state index contributed by atoms with van der Waals surface area (Å²) >= 11 is 12.9. The van der Waals surface area contributed by atoms with Gasteiger partial charge in [-0.2, -0.15) is 0 Å². The van der Waals surface area contributed by atoms with Crippen molar-refractivity contribution in [2.45, 2.75) is 77.5 Å². The Bertz CT molecular complexity index is 989. The number of nitrogens with one attached hydrogen (secondary N) is 1. The van der Waals surface area contributed by atoms with Crippen molar-refractivity contribution in [2.75, 3.05) is 13.2 Å². The number of fused-ring (bicyclic) bond motifs is 1. The number of aliphatic hydroxyl groups excluding tert-OH is 1. The topological polar surface area (TPSA) is 67.8 Å². The number of carbonyl (C=O) groups is 1. The van der Waals surface area contributed by atoms with Crippen LogP contribution in [0.15, 0.2) is 36.4 Å². The lowest BCUT2D eigenvalue weighted by molar-refractivity contribution is -0.143. The molecular formula is C28H38Cl3NO4. The van der Waals surface area contributed by atoms with Gasteiger partial charge >= 0.3 is 5.97 Å². The molecule has 36 heavy (non-hydrogen) atoms. The van der Waals surface area contributed by atoms with Crippen LogP contribution in [-0.4, -0.2) is 42.0 Å². The van der Waals surface area contributed by atoms with Gasteiger partial charge in [-0.05, 0) is 82.1 Å². The van der Waals surface area contributed by atoms with Crippen LogP contribution < -0.4 is 10.1 Å². The largest absolute Gasteiger partial charge is 0.486 e. The lowest BCUT2D eigenvalue weighted by atomic mass is 9.88. The third kappa shape index (κ3) is 8.53. The number of aryl methyl sites for hydroxylation is 1. The summed E-state index contributed by atoms with van der Waals surface area (Å²) < 4.78 is 10.9. The van der Waals surface area contributed by atoms with Crippen LogP contribution in [0.4, 0.5) is 0 Å². The predicted molar refractivity (Wildman–Crippen MR) is 149 cm³/mol. The zero-order chi connectivity index (χ0) is 25.6. The van der Waals surface area contributed by atoms with Crippen LogP contribution in [0.25, 0.3) is 0 Å². The van der Waals surface area contributed by atoms with Gasteiger partial charge in [-0.15, -0.1) is 12.4 Å². The Morgan fingerprint density at radius 1 is 1.14 bits per heavy atom. The zero-order valence-corrected chi connectivity index (χ0v) is 23.8. The number of carbonyl (C=O) groups excluding carboxylic acids is 1. The van der Waals surface area contributed by atoms with Crippen LogP contribution in [0.1, 0.15) is 57.2 Å². The summed E-state index contributed by atoms with van der Waals surface area (Å²) in [6.45, 7) is 8.69. The quantitative estimate of drug-likeness (QED) is 0.303. The summed E-state index contributed by atoms with van der Waals surface area (Å²) in [7, 11) is 0. The number of hydrogen-bond acceptors (Lipinski definition) is 5. The fourth-order valence-electron chi connectivity index (χ4n) is 4.74. The summed E-state index contributed by atoms with van der Waals surface area (Å²) in [5, 5.41) is 14.9. The molecule has 0 saturated carbocycles. The molecule has 0 radical (unpaired) electrons. The summed E-state index contributed by atoms with van der Waals surface area (Å²) in [6.07, 6.45) is 2.69. The molecule has 8 heteroatoms. The standard InChI is InChI=1S/C28H37Cl2NO4.ClH/c1-5-34-25(33)13-11-20-10-12-24(27(30)26(20)29)35-18(2)23(32)17-31-28(3,4)16-19-14-21-8-6-7-9-22(21)15-19;/h6-10,12,18-19,23,31-32H,5,11,13-17H2,1-4H3;1H/t18-,23-;/m0./s1. The second-order valence-corrected chi connectivity index (χ2v) is 10.8. The highest BCUT2D eigenvalue weighted by molar-refractivity contribution is 6.43. The first-order valence-corrected chi connectivity index (χ1v) is 13.1. The van der Waals surface area contributed by atoms with Crippen molar-refractivity contribution in [3.8, 4) is 5.75 Å². The Kier molecular flexibility index (Phi) is 11.8. The fraction of sp³-hybridized carbons (Fsp3) is 0.536. The van der Waals surface area contributed by atoms with Gasteiger partial charge in [-0.3, -0.25) is 4.79 Å². The summed E-state index contributed by atoms with van der Waals surface area (Å²) in [5.74, 6) is 0.736. The smallest absolute Gasteiger partial charge is 0.306 e. The minimum atomic E-state index is -0.728. The molecule has 2 atom stereocenters. The summed E-state index contributed by atoms with van der Waals surface area (Å²) in [6, 6.07) is 12.2. The van der Waals surface area contributed by atoms with E-state index < -0.39 is 12.2 Å². The number of aliphatic hydroxyl groups is 1. The lowest BCUT2D eigenvalue weighted by Crippen LogP contribution is -2.48. The Hall–Kier alpha value is -1.50. The van der Waals surface area contributed by atoms with Crippen molar-refractivity contribution in [1.82, 2.24) is 5.32 Å². The average molecular weight is 559 g/mol. The van der Waals surface area contributed by atoms with Crippen LogP contribution in [-0.2, 0) is 28.8 Å². The van der Waals surface area contributed by atoms with E-state index in [9.17, 15) is 9.90 Å². The molecule has 2 N–H and O–H groups in total. The van der Waals surface area contributed by atoms with Crippen molar-refractivity contribution in [2.24, 2.45) is 5.92 Å². The van der Waals surface area contributed by atoms with Crippen LogP contribution in [0.5, 0.6) is 5.75 Å². The number of hydrogen-bond donors (Lipinski definition) is 2. The van der Waals surface area contributed by atoms with E-state index in [4.69, 9.17) is 32.7 Å². The third-order valence-corrected chi connectivity index (χ3v) is 7.51. The van der Waals surface area contributed by atoms with Crippen molar-refractivity contribution < 1.29 is 19.4 Å². The van der Waals surface area contributed by atoms with E-state index in [1.54, 1.807) is 19.1 Å². The minimum absolute atomic E-state index is 0. The van der Waals surface area contributed by atoms with Crippen molar-refractivity contribution in [3.63, 3.8) is 0 Å². The number of benzene rings is 2. The maximum Gasteiger partial charge on any atom is 0.306 e. The number of halogens is 3. The highest BCUT2D eigenvalue weighted by Gasteiger charge is 2.29. The van der Waals surface area contributed by atoms with Gasteiger partial charge in [0.25, 0.3) is 0 Å². The van der Waals surface area contributed by atoms with E-state index in [-0.39, 0.29) is 35.4 Å². The van der Waals surface area contributed by atoms with E-state index >= 15 is 0 Å². The third-order valence-electron chi connectivity index (χ3n) is 6.61. The predicted octanol–water partition coefficient (Wildman–Crippen LogP) is 6.21. The molecule has 5 nitrogen and oxygen atoms in total. The maximum atomic E-state index is 11.6. The molecule has 0 heterocycles. The molecule has 0 amide bonds. The first-order valence-electron chi connectivity index (χ1n) is 12.4. The first kappa shape index (κ1) is 30.7. The van der Waals surface area contributed by atoms with Gasteiger partial charge < -0.3 is 19.9 Å². The van der Waals surface area contributed by atoms with Gasteiger partial charge in [0.1, 0.15) is 23.0 Å². The fourth-order valence-corrected chi connectivity index (χ4v) is 5.22. The molecule has 0 saturated heterocycles. The van der Waals surface area contributed by atoms with Gasteiger partial charge in [0.15, 0.2) is 0 Å². The molecule has 0 spiro atoms. The minimum Gasteiger partial charge on any atom is -0.486 e. The molecule has 0 unspecified atom stereocenters. The zero-order valence-electron chi connectivity index (χ0n) is 21.5. The van der Waals surface area contributed by atoms with E-state index in [0.29, 0.717) is 36.3 Å². The summed E-state index contributed by atoms with van der Waals surface area (Å²) in [4.78, 5) is 11.6. The van der Waals surface area contributed by atoms with Gasteiger partial charge in [0, 0.05) is 18.5 Å². The molecule has 0 aliphatic heterocycles. The molecule has 2 aromatic carbocycles. The van der Waals surface area contributed by atoms with E-state index in [2.05, 4.69) is 43.4 Å². The molecular weight excluding hydrogens is 521 g/mol. The molecule has 0 bridgehead atoms. The normalized spacial score (nSPS) is 15.1. The average Bonchev–Trinajstić information content (AvgIpc) is 3.21. The van der Waals surface area contributed by atoms with Crippen molar-refractivity contribution in [1.29, 1.82) is 0 Å². The second-order valence-electron chi connectivity index (χ2n) is 10.1. The molecule has 3 rings (SSSR count). The van der Waals surface area contributed by atoms with Gasteiger partial charge in [0.2, 0.25) is 0 Å². The second kappa shape index (κ2) is 13.9. The Morgan fingerprint density at radius 2 is 1.78 bits per heavy atom.